The van der Waals surface area contributed by atoms with Crippen molar-refractivity contribution in [3.8, 4) is 0 Å². The largest absolute Gasteiger partial charge is 0.317 e. The standard InChI is InChI=1S/C15H20N2O/c1-2-12-17(14-6-4-3-5-7-14)15(18)13-8-10-16-11-9-13/h2-7,13,16H,1,8-12H2. The monoisotopic (exact) mass is 244 g/mol. The van der Waals surface area contributed by atoms with Crippen molar-refractivity contribution in [2.45, 2.75) is 12.8 Å². The highest BCUT2D eigenvalue weighted by atomic mass is 16.2. The molecule has 1 heterocycles. The maximum Gasteiger partial charge on any atom is 0.230 e. The number of amides is 1. The second kappa shape index (κ2) is 6.36. The van der Waals surface area contributed by atoms with Crippen LogP contribution in [-0.2, 0) is 4.79 Å². The van der Waals surface area contributed by atoms with Crippen LogP contribution in [0.2, 0.25) is 0 Å². The number of carbonyl (C=O) groups is 1. The van der Waals surface area contributed by atoms with Gasteiger partial charge in [0.05, 0.1) is 0 Å². The van der Waals surface area contributed by atoms with E-state index < -0.39 is 0 Å². The van der Waals surface area contributed by atoms with Crippen LogP contribution in [0.3, 0.4) is 0 Å². The number of rotatable bonds is 4. The van der Waals surface area contributed by atoms with Gasteiger partial charge in [-0.15, -0.1) is 6.58 Å². The molecule has 1 saturated heterocycles. The minimum atomic E-state index is 0.145. The zero-order chi connectivity index (χ0) is 12.8. The number of nitrogens with zero attached hydrogens (tertiary/aromatic N) is 1. The first-order valence-electron chi connectivity index (χ1n) is 6.51. The third-order valence-corrected chi connectivity index (χ3v) is 3.33. The highest BCUT2D eigenvalue weighted by molar-refractivity contribution is 5.95. The molecule has 0 radical (unpaired) electrons. The summed E-state index contributed by atoms with van der Waals surface area (Å²) in [6.07, 6.45) is 3.64. The van der Waals surface area contributed by atoms with Gasteiger partial charge in [0.2, 0.25) is 5.91 Å². The van der Waals surface area contributed by atoms with Gasteiger partial charge in [0.25, 0.3) is 0 Å². The van der Waals surface area contributed by atoms with E-state index in [2.05, 4.69) is 11.9 Å². The van der Waals surface area contributed by atoms with E-state index in [9.17, 15) is 4.79 Å². The third-order valence-electron chi connectivity index (χ3n) is 3.33. The summed E-state index contributed by atoms with van der Waals surface area (Å²) < 4.78 is 0. The molecule has 18 heavy (non-hydrogen) atoms. The minimum absolute atomic E-state index is 0.145. The SMILES string of the molecule is C=CCN(C(=O)C1CCNCC1)c1ccccc1. The van der Waals surface area contributed by atoms with E-state index in [1.165, 1.54) is 0 Å². The van der Waals surface area contributed by atoms with E-state index in [-0.39, 0.29) is 11.8 Å². The van der Waals surface area contributed by atoms with Gasteiger partial charge in [-0.05, 0) is 38.1 Å². The molecule has 0 bridgehead atoms. The van der Waals surface area contributed by atoms with Gasteiger partial charge in [0, 0.05) is 18.2 Å². The summed E-state index contributed by atoms with van der Waals surface area (Å²) in [6.45, 7) is 6.20. The van der Waals surface area contributed by atoms with E-state index >= 15 is 0 Å². The summed E-state index contributed by atoms with van der Waals surface area (Å²) in [6, 6.07) is 9.83. The van der Waals surface area contributed by atoms with Crippen molar-refractivity contribution < 1.29 is 4.79 Å². The molecule has 0 atom stereocenters. The third kappa shape index (κ3) is 2.99. The van der Waals surface area contributed by atoms with Crippen molar-refractivity contribution in [2.24, 2.45) is 5.92 Å². The van der Waals surface area contributed by atoms with Crippen LogP contribution in [0.15, 0.2) is 43.0 Å². The van der Waals surface area contributed by atoms with Crippen molar-refractivity contribution in [2.75, 3.05) is 24.5 Å². The van der Waals surface area contributed by atoms with Crippen LogP contribution >= 0.6 is 0 Å². The Morgan fingerprint density at radius 3 is 2.61 bits per heavy atom. The first-order chi connectivity index (χ1) is 8.83. The van der Waals surface area contributed by atoms with Crippen molar-refractivity contribution in [1.82, 2.24) is 5.32 Å². The second-order valence-electron chi connectivity index (χ2n) is 4.60. The maximum absolute atomic E-state index is 12.5. The number of nitrogens with one attached hydrogen (secondary N) is 1. The normalized spacial score (nSPS) is 16.2. The number of hydrogen-bond donors (Lipinski definition) is 1. The molecule has 1 amide bonds. The first-order valence-corrected chi connectivity index (χ1v) is 6.51. The Kier molecular flexibility index (Phi) is 4.53. The predicted octanol–water partition coefficient (Wildman–Crippen LogP) is 2.21. The number of hydrogen-bond acceptors (Lipinski definition) is 2. The number of benzene rings is 1. The maximum atomic E-state index is 12.5. The average molecular weight is 244 g/mol. The average Bonchev–Trinajstić information content (AvgIpc) is 2.46. The Morgan fingerprint density at radius 2 is 2.00 bits per heavy atom. The van der Waals surface area contributed by atoms with Crippen molar-refractivity contribution in [3.63, 3.8) is 0 Å². The molecular weight excluding hydrogens is 224 g/mol. The molecule has 1 aromatic rings. The lowest BCUT2D eigenvalue weighted by Gasteiger charge is -2.29. The van der Waals surface area contributed by atoms with Crippen molar-refractivity contribution in [1.29, 1.82) is 0 Å². The molecule has 1 aliphatic rings. The minimum Gasteiger partial charge on any atom is -0.317 e. The van der Waals surface area contributed by atoms with Crippen molar-refractivity contribution in [3.05, 3.63) is 43.0 Å². The zero-order valence-corrected chi connectivity index (χ0v) is 10.6. The quantitative estimate of drug-likeness (QED) is 0.824. The Balaban J connectivity index is 2.14. The number of para-hydroxylation sites is 1. The highest BCUT2D eigenvalue weighted by Crippen LogP contribution is 2.20. The summed E-state index contributed by atoms with van der Waals surface area (Å²) >= 11 is 0. The van der Waals surface area contributed by atoms with Gasteiger partial charge >= 0.3 is 0 Å². The lowest BCUT2D eigenvalue weighted by molar-refractivity contribution is -0.123. The Labute approximate surface area is 108 Å². The van der Waals surface area contributed by atoms with E-state index in [4.69, 9.17) is 0 Å². The number of piperidine rings is 1. The lowest BCUT2D eigenvalue weighted by Crippen LogP contribution is -2.41. The summed E-state index contributed by atoms with van der Waals surface area (Å²) in [5, 5.41) is 3.29. The second-order valence-corrected chi connectivity index (χ2v) is 4.60. The van der Waals surface area contributed by atoms with Crippen LogP contribution < -0.4 is 10.2 Å². The molecule has 0 aliphatic carbocycles. The molecule has 0 aromatic heterocycles. The molecule has 0 spiro atoms. The van der Waals surface area contributed by atoms with Crippen LogP contribution in [0.4, 0.5) is 5.69 Å². The topological polar surface area (TPSA) is 32.3 Å². The van der Waals surface area contributed by atoms with Gasteiger partial charge in [-0.25, -0.2) is 0 Å². The van der Waals surface area contributed by atoms with Crippen LogP contribution in [0.1, 0.15) is 12.8 Å². The molecule has 3 nitrogen and oxygen atoms in total. The van der Waals surface area contributed by atoms with Crippen LogP contribution in [0.25, 0.3) is 0 Å². The molecule has 3 heteroatoms. The van der Waals surface area contributed by atoms with Crippen molar-refractivity contribution >= 4 is 11.6 Å². The first kappa shape index (κ1) is 12.8. The number of anilines is 1. The summed E-state index contributed by atoms with van der Waals surface area (Å²) in [5.74, 6) is 0.369. The Morgan fingerprint density at radius 1 is 1.33 bits per heavy atom. The fourth-order valence-electron chi connectivity index (χ4n) is 2.35. The molecular formula is C15H20N2O. The Hall–Kier alpha value is -1.61. The zero-order valence-electron chi connectivity index (χ0n) is 10.6. The van der Waals surface area contributed by atoms with E-state index in [0.717, 1.165) is 31.6 Å². The van der Waals surface area contributed by atoms with E-state index in [1.807, 2.05) is 35.2 Å². The van der Waals surface area contributed by atoms with Gasteiger partial charge in [-0.1, -0.05) is 24.3 Å². The summed E-state index contributed by atoms with van der Waals surface area (Å²) in [7, 11) is 0. The van der Waals surface area contributed by atoms with Gasteiger partial charge in [0.1, 0.15) is 0 Å². The van der Waals surface area contributed by atoms with Gasteiger partial charge in [0.15, 0.2) is 0 Å². The molecule has 0 saturated carbocycles. The molecule has 2 rings (SSSR count). The van der Waals surface area contributed by atoms with E-state index in [1.54, 1.807) is 6.08 Å². The fraction of sp³-hybridized carbons (Fsp3) is 0.400. The molecule has 0 unspecified atom stereocenters. The predicted molar refractivity (Wildman–Crippen MR) is 74.6 cm³/mol. The smallest absolute Gasteiger partial charge is 0.230 e. The lowest BCUT2D eigenvalue weighted by atomic mass is 9.96. The van der Waals surface area contributed by atoms with Crippen LogP contribution in [0, 0.1) is 5.92 Å². The van der Waals surface area contributed by atoms with Crippen LogP contribution in [-0.4, -0.2) is 25.5 Å². The molecule has 1 fully saturated rings. The fourth-order valence-corrected chi connectivity index (χ4v) is 2.35. The summed E-state index contributed by atoms with van der Waals surface area (Å²) in [5.41, 5.74) is 0.959. The molecule has 96 valence electrons. The van der Waals surface area contributed by atoms with Gasteiger partial charge in [-0.3, -0.25) is 4.79 Å². The molecule has 1 N–H and O–H groups in total. The Bertz CT molecular complexity index is 396. The van der Waals surface area contributed by atoms with Gasteiger partial charge in [-0.2, -0.15) is 0 Å². The highest BCUT2D eigenvalue weighted by Gasteiger charge is 2.25. The molecule has 1 aromatic carbocycles. The van der Waals surface area contributed by atoms with E-state index in [0.29, 0.717) is 6.54 Å². The van der Waals surface area contributed by atoms with Gasteiger partial charge < -0.3 is 10.2 Å². The molecule has 1 aliphatic heterocycles. The summed E-state index contributed by atoms with van der Waals surface area (Å²) in [4.78, 5) is 14.4. The van der Waals surface area contributed by atoms with Crippen LogP contribution in [0.5, 0.6) is 0 Å². The number of carbonyl (C=O) groups excluding carboxylic acids is 1.